The molecule has 154 valence electrons. The molecule has 2 aromatic carbocycles. The molecule has 2 aromatic rings. The molecule has 2 atom stereocenters. The summed E-state index contributed by atoms with van der Waals surface area (Å²) in [5.74, 6) is -1.68. The minimum atomic E-state index is -0.926. The van der Waals surface area contributed by atoms with Gasteiger partial charge in [-0.2, -0.15) is 0 Å². The highest BCUT2D eigenvalue weighted by Crippen LogP contribution is 2.38. The molecule has 0 radical (unpaired) electrons. The van der Waals surface area contributed by atoms with Gasteiger partial charge in [0, 0.05) is 17.7 Å². The predicted octanol–water partition coefficient (Wildman–Crippen LogP) is 2.66. The van der Waals surface area contributed by atoms with Crippen LogP contribution in [-0.4, -0.2) is 41.3 Å². The molecule has 0 saturated carbocycles. The van der Waals surface area contributed by atoms with Gasteiger partial charge >= 0.3 is 11.9 Å². The summed E-state index contributed by atoms with van der Waals surface area (Å²) in [6, 6.07) is 12.4. The average Bonchev–Trinajstić information content (AvgIpc) is 3.28. The Hall–Kier alpha value is -3.68. The van der Waals surface area contributed by atoms with E-state index in [1.807, 2.05) is 0 Å². The summed E-state index contributed by atoms with van der Waals surface area (Å²) >= 11 is 0. The van der Waals surface area contributed by atoms with Crippen molar-refractivity contribution in [2.75, 3.05) is 11.9 Å². The van der Waals surface area contributed by atoms with E-state index in [0.717, 1.165) is 0 Å². The van der Waals surface area contributed by atoms with Crippen molar-refractivity contribution >= 4 is 29.4 Å². The minimum Gasteiger partial charge on any atom is -0.462 e. The number of fused-ring (bicyclic) bond motifs is 1. The van der Waals surface area contributed by atoms with Crippen LogP contribution in [0.1, 0.15) is 52.3 Å². The van der Waals surface area contributed by atoms with Gasteiger partial charge in [0.15, 0.2) is 0 Å². The number of anilines is 1. The Kier molecular flexibility index (Phi) is 5.22. The Balaban J connectivity index is 1.55. The molecule has 1 saturated heterocycles. The summed E-state index contributed by atoms with van der Waals surface area (Å²) in [5, 5.41) is 2.75. The second kappa shape index (κ2) is 7.98. The fraction of sp³-hybridized carbons (Fsp3) is 0.273. The number of cyclic esters (lactones) is 1. The van der Waals surface area contributed by atoms with Crippen molar-refractivity contribution < 1.29 is 28.7 Å². The van der Waals surface area contributed by atoms with Crippen molar-refractivity contribution in [1.82, 2.24) is 4.90 Å². The zero-order chi connectivity index (χ0) is 21.3. The molecule has 4 rings (SSSR count). The van der Waals surface area contributed by atoms with Gasteiger partial charge in [-0.25, -0.2) is 9.59 Å². The maximum atomic E-state index is 13.0. The van der Waals surface area contributed by atoms with E-state index in [9.17, 15) is 19.2 Å². The Morgan fingerprint density at radius 1 is 1.17 bits per heavy atom. The maximum absolute atomic E-state index is 13.0. The first-order valence-electron chi connectivity index (χ1n) is 9.68. The van der Waals surface area contributed by atoms with Crippen molar-refractivity contribution in [3.05, 3.63) is 65.2 Å². The number of hydrogen-bond donors (Lipinski definition) is 1. The van der Waals surface area contributed by atoms with Gasteiger partial charge < -0.3 is 14.8 Å². The van der Waals surface area contributed by atoms with E-state index in [-0.39, 0.29) is 18.9 Å². The van der Waals surface area contributed by atoms with Gasteiger partial charge in [0.05, 0.1) is 17.7 Å². The molecule has 2 aliphatic heterocycles. The number of esters is 2. The van der Waals surface area contributed by atoms with Gasteiger partial charge in [0.25, 0.3) is 0 Å². The fourth-order valence-corrected chi connectivity index (χ4v) is 3.75. The van der Waals surface area contributed by atoms with Crippen LogP contribution in [0, 0.1) is 0 Å². The molecule has 2 amide bonds. The lowest BCUT2D eigenvalue weighted by atomic mass is 10.1. The van der Waals surface area contributed by atoms with Crippen LogP contribution in [0.3, 0.4) is 0 Å². The van der Waals surface area contributed by atoms with Crippen LogP contribution in [0.4, 0.5) is 5.69 Å². The van der Waals surface area contributed by atoms with Crippen LogP contribution in [-0.2, 0) is 19.1 Å². The van der Waals surface area contributed by atoms with Gasteiger partial charge in [-0.15, -0.1) is 0 Å². The van der Waals surface area contributed by atoms with Crippen molar-refractivity contribution in [3.63, 3.8) is 0 Å². The van der Waals surface area contributed by atoms with E-state index in [1.165, 1.54) is 11.0 Å². The average molecular weight is 408 g/mol. The molecule has 0 unspecified atom stereocenters. The van der Waals surface area contributed by atoms with E-state index < -0.39 is 30.1 Å². The second-order valence-corrected chi connectivity index (χ2v) is 6.99. The largest absolute Gasteiger partial charge is 0.462 e. The molecule has 0 spiro atoms. The Morgan fingerprint density at radius 2 is 1.97 bits per heavy atom. The molecule has 1 N–H and O–H groups in total. The molecular weight excluding hydrogens is 388 g/mol. The van der Waals surface area contributed by atoms with Crippen LogP contribution in [0.15, 0.2) is 48.5 Å². The summed E-state index contributed by atoms with van der Waals surface area (Å²) in [5.41, 5.74) is 1.68. The molecular formula is C22H20N2O6. The first-order valence-corrected chi connectivity index (χ1v) is 9.68. The number of carbonyl (C=O) groups is 4. The second-order valence-electron chi connectivity index (χ2n) is 6.99. The number of carbonyl (C=O) groups excluding carboxylic acids is 4. The number of nitrogens with one attached hydrogen (secondary N) is 1. The highest BCUT2D eigenvalue weighted by Gasteiger charge is 2.46. The van der Waals surface area contributed by atoms with Crippen LogP contribution < -0.4 is 5.32 Å². The summed E-state index contributed by atoms with van der Waals surface area (Å²) < 4.78 is 10.4. The summed E-state index contributed by atoms with van der Waals surface area (Å²) in [6.07, 6.45) is -0.444. The topological polar surface area (TPSA) is 102 Å². The van der Waals surface area contributed by atoms with Gasteiger partial charge in [0.2, 0.25) is 18.0 Å². The van der Waals surface area contributed by atoms with Crippen LogP contribution in [0.5, 0.6) is 0 Å². The first kappa shape index (κ1) is 19.6. The molecule has 2 aliphatic rings. The van der Waals surface area contributed by atoms with E-state index >= 15 is 0 Å². The molecule has 8 nitrogen and oxygen atoms in total. The minimum absolute atomic E-state index is 0.178. The summed E-state index contributed by atoms with van der Waals surface area (Å²) in [4.78, 5) is 50.9. The van der Waals surface area contributed by atoms with E-state index in [0.29, 0.717) is 28.8 Å². The number of nitrogens with zero attached hydrogens (tertiary/aromatic N) is 1. The van der Waals surface area contributed by atoms with Crippen molar-refractivity contribution in [2.24, 2.45) is 0 Å². The zero-order valence-electron chi connectivity index (χ0n) is 16.3. The number of likely N-dealkylation sites (tertiary alicyclic amines) is 1. The van der Waals surface area contributed by atoms with Gasteiger partial charge in [-0.3, -0.25) is 14.5 Å². The maximum Gasteiger partial charge on any atom is 0.340 e. The fourth-order valence-electron chi connectivity index (χ4n) is 3.75. The number of hydrogen-bond acceptors (Lipinski definition) is 6. The van der Waals surface area contributed by atoms with Crippen molar-refractivity contribution in [3.8, 4) is 0 Å². The van der Waals surface area contributed by atoms with E-state index in [2.05, 4.69) is 5.32 Å². The first-order chi connectivity index (χ1) is 14.5. The number of amides is 2. The standard InChI is InChI=1S/C22H20N2O6/c1-2-29-21(27)13-6-5-7-14(12-13)23-19(26)17-10-11-18(25)24(17)20-15-8-3-4-9-16(15)22(28)30-20/h3-9,12,17,20H,2,10-11H2,1H3,(H,23,26)/t17-,20+/m1/s1. The van der Waals surface area contributed by atoms with E-state index in [1.54, 1.807) is 49.4 Å². The van der Waals surface area contributed by atoms with Crippen molar-refractivity contribution in [1.29, 1.82) is 0 Å². The van der Waals surface area contributed by atoms with Gasteiger partial charge in [0.1, 0.15) is 6.04 Å². The Bertz CT molecular complexity index is 1030. The quantitative estimate of drug-likeness (QED) is 0.763. The number of ether oxygens (including phenoxy) is 2. The van der Waals surface area contributed by atoms with Crippen LogP contribution in [0.2, 0.25) is 0 Å². The molecule has 0 aliphatic carbocycles. The third kappa shape index (κ3) is 3.52. The third-order valence-corrected chi connectivity index (χ3v) is 5.12. The predicted molar refractivity (Wildman–Crippen MR) is 105 cm³/mol. The molecule has 0 bridgehead atoms. The molecule has 30 heavy (non-hydrogen) atoms. The SMILES string of the molecule is CCOC(=O)c1cccc(NC(=O)[C@H]2CCC(=O)N2[C@H]2OC(=O)c3ccccc32)c1. The highest BCUT2D eigenvalue weighted by atomic mass is 16.6. The molecule has 2 heterocycles. The lowest BCUT2D eigenvalue weighted by Gasteiger charge is -2.29. The summed E-state index contributed by atoms with van der Waals surface area (Å²) in [7, 11) is 0. The molecule has 0 aromatic heterocycles. The summed E-state index contributed by atoms with van der Waals surface area (Å²) in [6.45, 7) is 1.96. The Labute approximate surface area is 172 Å². The smallest absolute Gasteiger partial charge is 0.340 e. The lowest BCUT2D eigenvalue weighted by Crippen LogP contribution is -2.43. The van der Waals surface area contributed by atoms with Gasteiger partial charge in [-0.05, 0) is 37.6 Å². The highest BCUT2D eigenvalue weighted by molar-refractivity contribution is 6.01. The third-order valence-electron chi connectivity index (χ3n) is 5.12. The van der Waals surface area contributed by atoms with Crippen LogP contribution in [0.25, 0.3) is 0 Å². The van der Waals surface area contributed by atoms with Crippen LogP contribution >= 0.6 is 0 Å². The van der Waals surface area contributed by atoms with Gasteiger partial charge in [-0.1, -0.05) is 24.3 Å². The number of rotatable bonds is 5. The van der Waals surface area contributed by atoms with Crippen molar-refractivity contribution in [2.45, 2.75) is 32.0 Å². The monoisotopic (exact) mass is 408 g/mol. The Morgan fingerprint density at radius 3 is 2.77 bits per heavy atom. The molecule has 8 heteroatoms. The number of benzene rings is 2. The zero-order valence-corrected chi connectivity index (χ0v) is 16.3. The lowest BCUT2D eigenvalue weighted by molar-refractivity contribution is -0.144. The van der Waals surface area contributed by atoms with E-state index in [4.69, 9.17) is 9.47 Å². The molecule has 1 fully saturated rings. The normalized spacial score (nSPS) is 20.0.